The fourth-order valence-electron chi connectivity index (χ4n) is 9.18. The molecule has 0 spiro atoms. The van der Waals surface area contributed by atoms with Crippen molar-refractivity contribution in [3.8, 4) is 28.4 Å². The number of rotatable bonds is 8. The monoisotopic (exact) mass is 938 g/mol. The number of hydrogen-bond donors (Lipinski definition) is 0. The Kier molecular flexibility index (Phi) is 9.16. The number of para-hydroxylation sites is 3. The van der Waals surface area contributed by atoms with E-state index in [1.165, 1.54) is 44.9 Å². The van der Waals surface area contributed by atoms with Crippen LogP contribution in [-0.2, 0) is 26.5 Å². The van der Waals surface area contributed by atoms with Crippen LogP contribution in [0.2, 0.25) is 0 Å². The van der Waals surface area contributed by atoms with Crippen molar-refractivity contribution in [2.24, 2.45) is 0 Å². The molecule has 2 aliphatic rings. The van der Waals surface area contributed by atoms with E-state index >= 15 is 0 Å². The van der Waals surface area contributed by atoms with Crippen molar-refractivity contribution in [3.05, 3.63) is 175 Å². The maximum Gasteiger partial charge on any atom is 0.225 e. The van der Waals surface area contributed by atoms with Crippen LogP contribution in [0.1, 0.15) is 77.0 Å². The van der Waals surface area contributed by atoms with E-state index in [1.54, 1.807) is 0 Å². The van der Waals surface area contributed by atoms with E-state index in [-0.39, 0.29) is 26.5 Å². The van der Waals surface area contributed by atoms with E-state index in [1.807, 2.05) is 18.3 Å². The quantitative estimate of drug-likeness (QED) is 0.0862. The summed E-state index contributed by atoms with van der Waals surface area (Å²) in [4.78, 5) is 4.85. The van der Waals surface area contributed by atoms with Crippen LogP contribution in [0, 0.1) is 18.8 Å². The maximum absolute atomic E-state index is 6.67. The van der Waals surface area contributed by atoms with Crippen LogP contribution in [0.4, 0.5) is 22.7 Å². The van der Waals surface area contributed by atoms with E-state index in [0.717, 1.165) is 33.3 Å². The van der Waals surface area contributed by atoms with E-state index in [9.17, 15) is 0 Å². The van der Waals surface area contributed by atoms with Gasteiger partial charge in [-0.15, -0.1) is 29.7 Å². The molecule has 0 saturated carbocycles. The molecule has 1 unspecified atom stereocenters. The Morgan fingerprint density at radius 2 is 1.33 bits per heavy atom. The van der Waals surface area contributed by atoms with Crippen LogP contribution in [0.3, 0.4) is 0 Å². The summed E-state index contributed by atoms with van der Waals surface area (Å²) in [5, 5.41) is 2.26. The molecule has 6 heteroatoms. The fraction of sp³-hybridized carbons (Fsp3) is 0.192. The van der Waals surface area contributed by atoms with Crippen LogP contribution in [0.25, 0.3) is 38.8 Å². The van der Waals surface area contributed by atoms with Gasteiger partial charge in [0.25, 0.3) is 0 Å². The summed E-state index contributed by atoms with van der Waals surface area (Å²) in [7, 11) is 0. The second-order valence-corrected chi connectivity index (χ2v) is 17.2. The predicted octanol–water partition coefficient (Wildman–Crippen LogP) is 14.1. The third kappa shape index (κ3) is 5.66. The van der Waals surface area contributed by atoms with Gasteiger partial charge in [0.05, 0.1) is 5.69 Å². The average molecular weight is 939 g/mol. The zero-order chi connectivity index (χ0) is 39.3. The second-order valence-electron chi connectivity index (χ2n) is 17.2. The molecule has 0 N–H and O–H groups in total. The van der Waals surface area contributed by atoms with Crippen LogP contribution in [-0.4, -0.2) is 9.55 Å². The smallest absolute Gasteiger partial charge is 0.225 e. The van der Waals surface area contributed by atoms with Crippen molar-refractivity contribution in [2.75, 3.05) is 0 Å². The Morgan fingerprint density at radius 1 is 0.655 bits per heavy atom. The first kappa shape index (κ1) is 38.2. The molecule has 2 atom stereocenters. The minimum atomic E-state index is -0.0111. The van der Waals surface area contributed by atoms with Gasteiger partial charge in [-0.05, 0) is 68.7 Å². The fourth-order valence-corrected chi connectivity index (χ4v) is 9.18. The Bertz CT molecular complexity index is 2860. The van der Waals surface area contributed by atoms with Gasteiger partial charge >= 0.3 is 0 Å². The molecule has 0 amide bonds. The predicted molar refractivity (Wildman–Crippen MR) is 235 cm³/mol. The molecule has 1 fully saturated rings. The van der Waals surface area contributed by atoms with Gasteiger partial charge in [-0.25, -0.2) is 9.58 Å². The van der Waals surface area contributed by atoms with Gasteiger partial charge in [-0.2, -0.15) is 16.7 Å². The van der Waals surface area contributed by atoms with E-state index in [2.05, 4.69) is 193 Å². The third-order valence-corrected chi connectivity index (χ3v) is 12.0. The van der Waals surface area contributed by atoms with Gasteiger partial charge in [-0.1, -0.05) is 121 Å². The Labute approximate surface area is 356 Å². The van der Waals surface area contributed by atoms with Gasteiger partial charge in [0.1, 0.15) is 5.82 Å². The second kappa shape index (κ2) is 13.9. The molecule has 0 aliphatic carbocycles. The molecular weight excluding hydrogens is 892 g/mol. The summed E-state index contributed by atoms with van der Waals surface area (Å²) in [5.41, 5.74) is 13.4. The number of benzene rings is 6. The summed E-state index contributed by atoms with van der Waals surface area (Å²) in [6, 6.07) is 55.3. The molecule has 0 radical (unpaired) electrons. The van der Waals surface area contributed by atoms with Gasteiger partial charge in [0, 0.05) is 68.5 Å². The van der Waals surface area contributed by atoms with Gasteiger partial charge < -0.3 is 9.30 Å². The van der Waals surface area contributed by atoms with Crippen molar-refractivity contribution < 1.29 is 25.8 Å². The molecule has 2 aromatic heterocycles. The summed E-state index contributed by atoms with van der Waals surface area (Å²) in [6.07, 6.45) is 1.91. The molecule has 8 aromatic rings. The normalized spacial score (nSPS) is 18.2. The molecule has 5 nitrogen and oxygen atoms in total. The zero-order valence-corrected chi connectivity index (χ0v) is 36.3. The summed E-state index contributed by atoms with van der Waals surface area (Å²) in [6.45, 7) is 18.3. The molecule has 10 rings (SSSR count). The van der Waals surface area contributed by atoms with Gasteiger partial charge in [0.15, 0.2) is 12.4 Å². The van der Waals surface area contributed by atoms with E-state index < -0.39 is 0 Å². The standard InChI is InChI=1S/C52H47N4O.Pt/c1-34(2)42-20-14-21-43(35(3)4)51(42)36-15-12-16-38(29-36)55-33-56(55,49-24-11-10-23-48(49)55)39-17-13-18-40(31-39)57-41-25-26-45-44-19-8-9-22-46(44)54(47(45)32-41)50-30-37(27-28-53-50)52(5,6)7;/h8-30,33-35H,1-7H3;/q-1;/t55-,56?;/m0./s1. The van der Waals surface area contributed by atoms with Gasteiger partial charge in [-0.3, -0.25) is 0 Å². The van der Waals surface area contributed by atoms with Crippen molar-refractivity contribution in [1.29, 1.82) is 0 Å². The SMILES string of the molecule is CC(C)c1cccc(C(C)C)c1-c1cccc([N@+]23[CH-][N+]2(c2[c-]c(Oc4[c-]c5c(cc4)c4ccccc4n5-c4cc(C(C)(C)C)ccn4)ccc2)c2ccccc23)c1.[Pt]. The molecule has 4 heterocycles. The summed E-state index contributed by atoms with van der Waals surface area (Å²) < 4.78 is 10.0. The molecule has 1 saturated heterocycles. The van der Waals surface area contributed by atoms with Crippen LogP contribution < -0.4 is 13.9 Å². The number of quaternary nitrogens is 2. The Morgan fingerprint density at radius 3 is 2.07 bits per heavy atom. The number of nitrogens with zero attached hydrogens (tertiary/aromatic N) is 4. The molecule has 58 heavy (non-hydrogen) atoms. The first-order valence-corrected chi connectivity index (χ1v) is 20.1. The largest absolute Gasteiger partial charge is 0.509 e. The molecule has 6 aromatic carbocycles. The summed E-state index contributed by atoms with van der Waals surface area (Å²) in [5.74, 6) is 2.97. The zero-order valence-electron chi connectivity index (χ0n) is 34.0. The number of hydrogen-bond acceptors (Lipinski definition) is 2. The Hall–Kier alpha value is -5.32. The van der Waals surface area contributed by atoms with E-state index in [4.69, 9.17) is 9.72 Å². The van der Waals surface area contributed by atoms with Crippen LogP contribution in [0.15, 0.2) is 140 Å². The third-order valence-electron chi connectivity index (χ3n) is 12.0. The molecule has 292 valence electrons. The number of fused-ring (bicyclic) bond motifs is 7. The first-order chi connectivity index (χ1) is 27.5. The van der Waals surface area contributed by atoms with Crippen molar-refractivity contribution >= 4 is 44.6 Å². The number of ether oxygens (including phenoxy) is 1. The minimum Gasteiger partial charge on any atom is -0.509 e. The molecule has 0 bridgehead atoms. The number of aromatic nitrogens is 2. The van der Waals surface area contributed by atoms with Crippen LogP contribution >= 0.6 is 0 Å². The Balaban J connectivity index is 0.00000436. The minimum absolute atomic E-state index is 0. The molecular formula is C52H47N4OPt-. The van der Waals surface area contributed by atoms with Crippen molar-refractivity contribution in [3.63, 3.8) is 0 Å². The maximum atomic E-state index is 6.67. The van der Waals surface area contributed by atoms with E-state index in [0.29, 0.717) is 32.5 Å². The average Bonchev–Trinajstić information content (AvgIpc) is 3.71. The molecule has 2 aliphatic heterocycles. The van der Waals surface area contributed by atoms with Crippen LogP contribution in [0.5, 0.6) is 11.5 Å². The van der Waals surface area contributed by atoms with Gasteiger partial charge in [0.2, 0.25) is 11.4 Å². The topological polar surface area (TPSA) is 27.1 Å². The summed E-state index contributed by atoms with van der Waals surface area (Å²) >= 11 is 0. The first-order valence-electron chi connectivity index (χ1n) is 20.1. The van der Waals surface area contributed by atoms with Crippen molar-refractivity contribution in [1.82, 2.24) is 18.7 Å². The number of pyridine rings is 1. The van der Waals surface area contributed by atoms with Crippen molar-refractivity contribution in [2.45, 2.75) is 65.7 Å².